The van der Waals surface area contributed by atoms with Gasteiger partial charge in [-0.15, -0.1) is 0 Å². The zero-order valence-electron chi connectivity index (χ0n) is 13.1. The highest BCUT2D eigenvalue weighted by Crippen LogP contribution is 2.31. The van der Waals surface area contributed by atoms with Gasteiger partial charge in [-0.1, -0.05) is 6.92 Å². The number of fused-ring (bicyclic) bond motifs is 1. The maximum Gasteiger partial charge on any atom is 0.254 e. The number of nitrogens with one attached hydrogen (secondary N) is 1. The largest absolute Gasteiger partial charge is 0.486 e. The molecule has 5 nitrogen and oxygen atoms in total. The summed E-state index contributed by atoms with van der Waals surface area (Å²) in [5.74, 6) is 1.51. The number of amides is 1. The van der Waals surface area contributed by atoms with Gasteiger partial charge in [-0.25, -0.2) is 0 Å². The maximum absolute atomic E-state index is 12.9. The van der Waals surface area contributed by atoms with Crippen LogP contribution in [-0.4, -0.2) is 49.7 Å². The summed E-state index contributed by atoms with van der Waals surface area (Å²) in [5, 5.41) is 3.36. The second-order valence-electron chi connectivity index (χ2n) is 5.84. The molecule has 0 bridgehead atoms. The zero-order chi connectivity index (χ0) is 15.4. The van der Waals surface area contributed by atoms with Crippen LogP contribution in [0.3, 0.4) is 0 Å². The van der Waals surface area contributed by atoms with Crippen molar-refractivity contribution in [2.45, 2.75) is 32.2 Å². The molecule has 1 fully saturated rings. The Morgan fingerprint density at radius 3 is 2.68 bits per heavy atom. The minimum Gasteiger partial charge on any atom is -0.486 e. The van der Waals surface area contributed by atoms with E-state index >= 15 is 0 Å². The number of carbonyl (C=O) groups excluding carboxylic acids is 1. The molecule has 1 amide bonds. The summed E-state index contributed by atoms with van der Waals surface area (Å²) in [7, 11) is 0. The lowest BCUT2D eigenvalue weighted by atomic mass is 10.0. The molecule has 0 unspecified atom stereocenters. The summed E-state index contributed by atoms with van der Waals surface area (Å²) in [6, 6.07) is 5.84. The number of nitrogens with zero attached hydrogens (tertiary/aromatic N) is 1. The first-order valence-corrected chi connectivity index (χ1v) is 8.21. The van der Waals surface area contributed by atoms with Gasteiger partial charge in [-0.05, 0) is 50.6 Å². The van der Waals surface area contributed by atoms with Gasteiger partial charge in [0.05, 0.1) is 0 Å². The van der Waals surface area contributed by atoms with Crippen LogP contribution in [0.2, 0.25) is 0 Å². The highest BCUT2D eigenvalue weighted by molar-refractivity contribution is 5.95. The van der Waals surface area contributed by atoms with Crippen LogP contribution in [0.15, 0.2) is 18.2 Å². The lowest BCUT2D eigenvalue weighted by Gasteiger charge is -2.34. The van der Waals surface area contributed by atoms with Gasteiger partial charge >= 0.3 is 0 Å². The van der Waals surface area contributed by atoms with Crippen molar-refractivity contribution >= 4 is 5.91 Å². The first kappa shape index (κ1) is 15.2. The first-order chi connectivity index (χ1) is 10.8. The highest BCUT2D eigenvalue weighted by atomic mass is 16.6. The van der Waals surface area contributed by atoms with E-state index in [1.807, 2.05) is 23.1 Å². The minimum absolute atomic E-state index is 0.103. The van der Waals surface area contributed by atoms with E-state index in [4.69, 9.17) is 9.47 Å². The Hall–Kier alpha value is -1.75. The van der Waals surface area contributed by atoms with E-state index in [1.54, 1.807) is 0 Å². The number of benzene rings is 1. The Labute approximate surface area is 131 Å². The molecule has 2 heterocycles. The predicted molar refractivity (Wildman–Crippen MR) is 84.7 cm³/mol. The van der Waals surface area contributed by atoms with Gasteiger partial charge in [-0.2, -0.15) is 0 Å². The molecule has 120 valence electrons. The molecule has 0 spiro atoms. The molecule has 0 aliphatic carbocycles. The standard InChI is InChI=1S/C17H24N2O3/c1-2-9-19(14-5-7-18-8-6-14)17(20)13-3-4-15-16(12-13)22-11-10-21-15/h3-4,12,14,18H,2,5-11H2,1H3. The number of piperidine rings is 1. The predicted octanol–water partition coefficient (Wildman–Crippen LogP) is 2.06. The molecule has 0 saturated carbocycles. The molecule has 1 N–H and O–H groups in total. The lowest BCUT2D eigenvalue weighted by Crippen LogP contribution is -2.46. The van der Waals surface area contributed by atoms with Crippen molar-refractivity contribution in [2.75, 3.05) is 32.8 Å². The SMILES string of the molecule is CCCN(C(=O)c1ccc2c(c1)OCCO2)C1CCNCC1. The van der Waals surface area contributed by atoms with Gasteiger partial charge in [0.25, 0.3) is 5.91 Å². The van der Waals surface area contributed by atoms with Crippen molar-refractivity contribution in [1.29, 1.82) is 0 Å². The fraction of sp³-hybridized carbons (Fsp3) is 0.588. The first-order valence-electron chi connectivity index (χ1n) is 8.21. The highest BCUT2D eigenvalue weighted by Gasteiger charge is 2.26. The van der Waals surface area contributed by atoms with E-state index in [0.717, 1.165) is 44.6 Å². The van der Waals surface area contributed by atoms with Gasteiger partial charge in [0.1, 0.15) is 13.2 Å². The molecule has 0 radical (unpaired) electrons. The topological polar surface area (TPSA) is 50.8 Å². The summed E-state index contributed by atoms with van der Waals surface area (Å²) in [5.41, 5.74) is 0.691. The van der Waals surface area contributed by atoms with Crippen LogP contribution in [0, 0.1) is 0 Å². The molecule has 2 aliphatic rings. The molecule has 0 atom stereocenters. The Morgan fingerprint density at radius 1 is 1.23 bits per heavy atom. The van der Waals surface area contributed by atoms with Gasteiger partial charge in [0.2, 0.25) is 0 Å². The summed E-state index contributed by atoms with van der Waals surface area (Å²) in [4.78, 5) is 15.0. The van der Waals surface area contributed by atoms with E-state index in [9.17, 15) is 4.79 Å². The summed E-state index contributed by atoms with van der Waals surface area (Å²) in [6.07, 6.45) is 3.02. The summed E-state index contributed by atoms with van der Waals surface area (Å²) < 4.78 is 11.1. The molecule has 2 aliphatic heterocycles. The average Bonchev–Trinajstić information content (AvgIpc) is 2.59. The van der Waals surface area contributed by atoms with Gasteiger partial charge < -0.3 is 19.7 Å². The normalized spacial score (nSPS) is 18.0. The third-order valence-electron chi connectivity index (χ3n) is 4.26. The van der Waals surface area contributed by atoms with Crippen LogP contribution < -0.4 is 14.8 Å². The third kappa shape index (κ3) is 3.19. The van der Waals surface area contributed by atoms with E-state index < -0.39 is 0 Å². The molecule has 5 heteroatoms. The maximum atomic E-state index is 12.9. The number of hydrogen-bond donors (Lipinski definition) is 1. The van der Waals surface area contributed by atoms with Gasteiger partial charge in [0.15, 0.2) is 11.5 Å². The molecule has 1 aromatic rings. The Balaban J connectivity index is 1.80. The van der Waals surface area contributed by atoms with Crippen LogP contribution in [0.25, 0.3) is 0 Å². The number of carbonyl (C=O) groups is 1. The average molecular weight is 304 g/mol. The Bertz CT molecular complexity index is 527. The van der Waals surface area contributed by atoms with Crippen LogP contribution in [-0.2, 0) is 0 Å². The Morgan fingerprint density at radius 2 is 1.95 bits per heavy atom. The van der Waals surface area contributed by atoms with Crippen molar-refractivity contribution in [2.24, 2.45) is 0 Å². The zero-order valence-corrected chi connectivity index (χ0v) is 13.1. The van der Waals surface area contributed by atoms with Crippen molar-refractivity contribution in [1.82, 2.24) is 10.2 Å². The molecule has 22 heavy (non-hydrogen) atoms. The van der Waals surface area contributed by atoms with E-state index in [0.29, 0.717) is 30.6 Å². The smallest absolute Gasteiger partial charge is 0.254 e. The fourth-order valence-electron chi connectivity index (χ4n) is 3.15. The number of ether oxygens (including phenoxy) is 2. The second kappa shape index (κ2) is 7.01. The van der Waals surface area contributed by atoms with Crippen LogP contribution in [0.4, 0.5) is 0 Å². The van der Waals surface area contributed by atoms with Crippen molar-refractivity contribution in [3.63, 3.8) is 0 Å². The van der Waals surface area contributed by atoms with E-state index in [1.165, 1.54) is 0 Å². The lowest BCUT2D eigenvalue weighted by molar-refractivity contribution is 0.0641. The molecular weight excluding hydrogens is 280 g/mol. The summed E-state index contributed by atoms with van der Waals surface area (Å²) >= 11 is 0. The third-order valence-corrected chi connectivity index (χ3v) is 4.26. The molecule has 1 saturated heterocycles. The Kier molecular flexibility index (Phi) is 4.83. The molecule has 3 rings (SSSR count). The van der Waals surface area contributed by atoms with Gasteiger partial charge in [-0.3, -0.25) is 4.79 Å². The molecule has 0 aromatic heterocycles. The van der Waals surface area contributed by atoms with Crippen LogP contribution in [0.5, 0.6) is 11.5 Å². The minimum atomic E-state index is 0.103. The number of hydrogen-bond acceptors (Lipinski definition) is 4. The quantitative estimate of drug-likeness (QED) is 0.925. The van der Waals surface area contributed by atoms with Crippen molar-refractivity contribution in [3.8, 4) is 11.5 Å². The van der Waals surface area contributed by atoms with E-state index in [2.05, 4.69) is 12.2 Å². The van der Waals surface area contributed by atoms with Gasteiger partial charge in [0, 0.05) is 18.2 Å². The van der Waals surface area contributed by atoms with Crippen LogP contribution >= 0.6 is 0 Å². The van der Waals surface area contributed by atoms with Crippen molar-refractivity contribution < 1.29 is 14.3 Å². The molecule has 1 aromatic carbocycles. The van der Waals surface area contributed by atoms with Crippen molar-refractivity contribution in [3.05, 3.63) is 23.8 Å². The fourth-order valence-corrected chi connectivity index (χ4v) is 3.15. The van der Waals surface area contributed by atoms with Crippen LogP contribution in [0.1, 0.15) is 36.5 Å². The van der Waals surface area contributed by atoms with E-state index in [-0.39, 0.29) is 5.91 Å². The number of rotatable bonds is 4. The second-order valence-corrected chi connectivity index (χ2v) is 5.84. The molecular formula is C17H24N2O3. The monoisotopic (exact) mass is 304 g/mol. The summed E-state index contributed by atoms with van der Waals surface area (Å²) in [6.45, 7) is 6.00.